The number of hydrogen-bond acceptors (Lipinski definition) is 3. The Balaban J connectivity index is 2.15. The Hall–Kier alpha value is -2.42. The molecule has 0 saturated heterocycles. The summed E-state index contributed by atoms with van der Waals surface area (Å²) in [5.41, 5.74) is 5.15. The SMILES string of the molecule is Cc1ccccc1Nc1c(C)nnc2ccccc12. The molecule has 0 amide bonds. The largest absolute Gasteiger partial charge is 0.353 e. The summed E-state index contributed by atoms with van der Waals surface area (Å²) in [5.74, 6) is 0. The van der Waals surface area contributed by atoms with Crippen LogP contribution < -0.4 is 5.32 Å². The van der Waals surface area contributed by atoms with Crippen molar-refractivity contribution in [1.29, 1.82) is 0 Å². The van der Waals surface area contributed by atoms with E-state index in [1.807, 2.05) is 37.3 Å². The highest BCUT2D eigenvalue weighted by Crippen LogP contribution is 2.28. The molecule has 3 aromatic rings. The van der Waals surface area contributed by atoms with Gasteiger partial charge < -0.3 is 5.32 Å². The minimum absolute atomic E-state index is 0.905. The van der Waals surface area contributed by atoms with Crippen molar-refractivity contribution in [3.8, 4) is 0 Å². The number of para-hydroxylation sites is 1. The van der Waals surface area contributed by atoms with Gasteiger partial charge in [0.05, 0.1) is 16.9 Å². The van der Waals surface area contributed by atoms with E-state index in [0.717, 1.165) is 28.0 Å². The third-order valence-corrected chi connectivity index (χ3v) is 3.25. The molecule has 3 rings (SSSR count). The van der Waals surface area contributed by atoms with E-state index in [2.05, 4.69) is 40.6 Å². The number of aryl methyl sites for hydroxylation is 2. The first kappa shape index (κ1) is 11.7. The van der Waals surface area contributed by atoms with Crippen LogP contribution >= 0.6 is 0 Å². The molecule has 0 bridgehead atoms. The van der Waals surface area contributed by atoms with Gasteiger partial charge in [0.25, 0.3) is 0 Å². The molecule has 0 saturated carbocycles. The van der Waals surface area contributed by atoms with Gasteiger partial charge in [0.1, 0.15) is 0 Å². The molecule has 1 N–H and O–H groups in total. The van der Waals surface area contributed by atoms with E-state index in [9.17, 15) is 0 Å². The van der Waals surface area contributed by atoms with E-state index in [1.54, 1.807) is 0 Å². The Morgan fingerprint density at radius 2 is 1.58 bits per heavy atom. The maximum absolute atomic E-state index is 4.22. The summed E-state index contributed by atoms with van der Waals surface area (Å²) in [6.45, 7) is 4.06. The first-order valence-electron chi connectivity index (χ1n) is 6.30. The van der Waals surface area contributed by atoms with Gasteiger partial charge in [0.2, 0.25) is 0 Å². The first-order chi connectivity index (χ1) is 9.25. The Morgan fingerprint density at radius 1 is 0.842 bits per heavy atom. The minimum atomic E-state index is 0.905. The van der Waals surface area contributed by atoms with Crippen LogP contribution in [0.5, 0.6) is 0 Å². The summed E-state index contributed by atoms with van der Waals surface area (Å²) in [4.78, 5) is 0. The smallest absolute Gasteiger partial charge is 0.0950 e. The highest BCUT2D eigenvalue weighted by atomic mass is 15.1. The van der Waals surface area contributed by atoms with Crippen molar-refractivity contribution in [2.24, 2.45) is 0 Å². The predicted molar refractivity (Wildman–Crippen MR) is 78.7 cm³/mol. The topological polar surface area (TPSA) is 37.8 Å². The van der Waals surface area contributed by atoms with Crippen LogP contribution in [0.4, 0.5) is 11.4 Å². The van der Waals surface area contributed by atoms with Crippen LogP contribution in [-0.2, 0) is 0 Å². The van der Waals surface area contributed by atoms with Crippen molar-refractivity contribution in [1.82, 2.24) is 10.2 Å². The number of nitrogens with zero attached hydrogens (tertiary/aromatic N) is 2. The molecule has 3 heteroatoms. The summed E-state index contributed by atoms with van der Waals surface area (Å²) >= 11 is 0. The summed E-state index contributed by atoms with van der Waals surface area (Å²) in [5, 5.41) is 13.0. The van der Waals surface area contributed by atoms with Crippen LogP contribution in [0, 0.1) is 13.8 Å². The monoisotopic (exact) mass is 249 g/mol. The number of nitrogens with one attached hydrogen (secondary N) is 1. The Kier molecular flexibility index (Phi) is 2.88. The number of aromatic nitrogens is 2. The highest BCUT2D eigenvalue weighted by Gasteiger charge is 2.08. The fraction of sp³-hybridized carbons (Fsp3) is 0.125. The average molecular weight is 249 g/mol. The molecular weight excluding hydrogens is 234 g/mol. The standard InChI is InChI=1S/C16H15N3/c1-11-7-3-5-9-14(11)17-16-12(2)18-19-15-10-6-4-8-13(15)16/h3-10H,1-2H3,(H,17,19). The van der Waals surface area contributed by atoms with Gasteiger partial charge in [-0.15, -0.1) is 0 Å². The van der Waals surface area contributed by atoms with Gasteiger partial charge in [-0.05, 0) is 31.5 Å². The lowest BCUT2D eigenvalue weighted by atomic mass is 10.1. The number of hydrogen-bond donors (Lipinski definition) is 1. The van der Waals surface area contributed by atoms with Gasteiger partial charge in [-0.1, -0.05) is 36.4 Å². The van der Waals surface area contributed by atoms with E-state index >= 15 is 0 Å². The minimum Gasteiger partial charge on any atom is -0.353 e. The van der Waals surface area contributed by atoms with Gasteiger partial charge >= 0.3 is 0 Å². The zero-order chi connectivity index (χ0) is 13.2. The Labute approximate surface area is 112 Å². The number of anilines is 2. The molecule has 94 valence electrons. The maximum Gasteiger partial charge on any atom is 0.0950 e. The van der Waals surface area contributed by atoms with Crippen molar-refractivity contribution in [2.45, 2.75) is 13.8 Å². The highest BCUT2D eigenvalue weighted by molar-refractivity contribution is 5.93. The molecule has 0 aliphatic carbocycles. The van der Waals surface area contributed by atoms with Gasteiger partial charge in [-0.25, -0.2) is 0 Å². The number of benzene rings is 2. The van der Waals surface area contributed by atoms with Crippen molar-refractivity contribution in [3.05, 3.63) is 59.8 Å². The molecule has 19 heavy (non-hydrogen) atoms. The lowest BCUT2D eigenvalue weighted by Gasteiger charge is -2.13. The molecule has 1 aromatic heterocycles. The summed E-state index contributed by atoms with van der Waals surface area (Å²) in [6, 6.07) is 16.3. The van der Waals surface area contributed by atoms with E-state index in [0.29, 0.717) is 0 Å². The van der Waals surface area contributed by atoms with Crippen LogP contribution in [0.3, 0.4) is 0 Å². The third-order valence-electron chi connectivity index (χ3n) is 3.25. The maximum atomic E-state index is 4.22. The lowest BCUT2D eigenvalue weighted by molar-refractivity contribution is 1.02. The molecule has 1 heterocycles. The van der Waals surface area contributed by atoms with Crippen molar-refractivity contribution in [2.75, 3.05) is 5.32 Å². The molecular formula is C16H15N3. The predicted octanol–water partition coefficient (Wildman–Crippen LogP) is 3.99. The van der Waals surface area contributed by atoms with Crippen molar-refractivity contribution >= 4 is 22.3 Å². The van der Waals surface area contributed by atoms with E-state index in [-0.39, 0.29) is 0 Å². The van der Waals surface area contributed by atoms with Crippen LogP contribution in [0.2, 0.25) is 0 Å². The van der Waals surface area contributed by atoms with Crippen molar-refractivity contribution in [3.63, 3.8) is 0 Å². The number of fused-ring (bicyclic) bond motifs is 1. The first-order valence-corrected chi connectivity index (χ1v) is 6.30. The van der Waals surface area contributed by atoms with Crippen LogP contribution in [0.25, 0.3) is 10.9 Å². The quantitative estimate of drug-likeness (QED) is 0.746. The lowest BCUT2D eigenvalue weighted by Crippen LogP contribution is -2.00. The summed E-state index contributed by atoms with van der Waals surface area (Å²) in [6.07, 6.45) is 0. The van der Waals surface area contributed by atoms with Gasteiger partial charge in [0.15, 0.2) is 0 Å². The van der Waals surface area contributed by atoms with Crippen molar-refractivity contribution < 1.29 is 0 Å². The fourth-order valence-corrected chi connectivity index (χ4v) is 2.15. The van der Waals surface area contributed by atoms with Gasteiger partial charge in [-0.3, -0.25) is 0 Å². The van der Waals surface area contributed by atoms with E-state index in [4.69, 9.17) is 0 Å². The normalized spacial score (nSPS) is 10.6. The zero-order valence-corrected chi connectivity index (χ0v) is 11.0. The summed E-state index contributed by atoms with van der Waals surface area (Å²) in [7, 11) is 0. The molecule has 0 radical (unpaired) electrons. The molecule has 0 spiro atoms. The zero-order valence-electron chi connectivity index (χ0n) is 11.0. The summed E-state index contributed by atoms with van der Waals surface area (Å²) < 4.78 is 0. The molecule has 0 unspecified atom stereocenters. The second kappa shape index (κ2) is 4.69. The van der Waals surface area contributed by atoms with Gasteiger partial charge in [0, 0.05) is 11.1 Å². The number of rotatable bonds is 2. The average Bonchev–Trinajstić information content (AvgIpc) is 2.44. The Morgan fingerprint density at radius 3 is 2.42 bits per heavy atom. The van der Waals surface area contributed by atoms with Crippen LogP contribution in [0.15, 0.2) is 48.5 Å². The van der Waals surface area contributed by atoms with E-state index in [1.165, 1.54) is 5.56 Å². The fourth-order valence-electron chi connectivity index (χ4n) is 2.15. The molecule has 3 nitrogen and oxygen atoms in total. The molecule has 2 aromatic carbocycles. The van der Waals surface area contributed by atoms with E-state index < -0.39 is 0 Å². The molecule has 0 atom stereocenters. The second-order valence-corrected chi connectivity index (χ2v) is 4.62. The molecule has 0 aliphatic rings. The third kappa shape index (κ3) is 2.15. The Bertz CT molecular complexity index is 735. The van der Waals surface area contributed by atoms with Crippen LogP contribution in [0.1, 0.15) is 11.3 Å². The second-order valence-electron chi connectivity index (χ2n) is 4.62. The van der Waals surface area contributed by atoms with Crippen LogP contribution in [-0.4, -0.2) is 10.2 Å². The van der Waals surface area contributed by atoms with Gasteiger partial charge in [-0.2, -0.15) is 10.2 Å². The molecule has 0 fully saturated rings. The molecule has 0 aliphatic heterocycles.